The molecule has 7 heteroatoms. The molecule has 0 spiro atoms. The number of hydrogen-bond acceptors (Lipinski definition) is 7. The van der Waals surface area contributed by atoms with Crippen LogP contribution in [-0.2, 0) is 14.3 Å². The van der Waals surface area contributed by atoms with Gasteiger partial charge in [0.05, 0.1) is 23.7 Å². The highest BCUT2D eigenvalue weighted by molar-refractivity contribution is 5.85. The van der Waals surface area contributed by atoms with Crippen LogP contribution in [0.3, 0.4) is 0 Å². The number of carbonyl (C=O) groups excluding carboxylic acids is 1. The summed E-state index contributed by atoms with van der Waals surface area (Å²) in [4.78, 5) is 24.5. The second-order valence-corrected chi connectivity index (χ2v) is 7.38. The average molecular weight is 413 g/mol. The van der Waals surface area contributed by atoms with Crippen molar-refractivity contribution in [2.45, 2.75) is 58.5 Å². The summed E-state index contributed by atoms with van der Waals surface area (Å²) in [5, 5.41) is 9.85. The predicted molar refractivity (Wildman–Crippen MR) is 117 cm³/mol. The van der Waals surface area contributed by atoms with Crippen molar-refractivity contribution >= 4 is 22.8 Å². The molecule has 0 bridgehead atoms. The molecular weight excluding hydrogens is 380 g/mol. The van der Waals surface area contributed by atoms with E-state index in [1.165, 1.54) is 0 Å². The van der Waals surface area contributed by atoms with E-state index in [1.54, 1.807) is 14.0 Å². The largest absolute Gasteiger partial charge is 0.459 e. The molecule has 0 unspecified atom stereocenters. The van der Waals surface area contributed by atoms with Crippen molar-refractivity contribution in [1.82, 2.24) is 9.97 Å². The molecule has 0 aliphatic heterocycles. The Kier molecular flexibility index (Phi) is 9.49. The van der Waals surface area contributed by atoms with E-state index >= 15 is 0 Å². The zero-order valence-electron chi connectivity index (χ0n) is 18.4. The number of aromatic nitrogens is 2. The minimum atomic E-state index is -1.15. The van der Waals surface area contributed by atoms with Crippen LogP contribution in [0.25, 0.3) is 11.0 Å². The van der Waals surface area contributed by atoms with Crippen LogP contribution < -0.4 is 4.90 Å². The molecule has 2 aromatic rings. The maximum Gasteiger partial charge on any atom is 0.330 e. The zero-order valence-corrected chi connectivity index (χ0v) is 18.4. The lowest BCUT2D eigenvalue weighted by molar-refractivity contribution is -0.150. The van der Waals surface area contributed by atoms with Gasteiger partial charge >= 0.3 is 5.97 Å². The second-order valence-electron chi connectivity index (χ2n) is 7.38. The second kappa shape index (κ2) is 12.1. The van der Waals surface area contributed by atoms with Crippen molar-refractivity contribution < 1.29 is 14.3 Å². The molecule has 1 aromatic carbocycles. The number of para-hydroxylation sites is 2. The maximum atomic E-state index is 12.8. The Labute approximate surface area is 179 Å². The number of unbranched alkanes of at least 4 members (excludes halogenated alkanes) is 2. The van der Waals surface area contributed by atoms with Crippen LogP contribution in [0.2, 0.25) is 0 Å². The minimum Gasteiger partial charge on any atom is -0.459 e. The van der Waals surface area contributed by atoms with Crippen LogP contribution in [-0.4, -0.2) is 48.8 Å². The van der Waals surface area contributed by atoms with E-state index < -0.39 is 18.0 Å². The van der Waals surface area contributed by atoms with Crippen molar-refractivity contribution in [3.05, 3.63) is 30.0 Å². The van der Waals surface area contributed by atoms with E-state index in [4.69, 9.17) is 19.4 Å². The maximum absolute atomic E-state index is 12.8. The standard InChI is InChI=1S/C23H32N4O3/c1-5-7-13-27(14-8-6-2)22-21(25-19-11-9-10-12-20(19)26-22)18(15-24)23(28)30-17(3)16-29-4/h9-12,17-18H,5-8,13-14,16H2,1-4H3/t17-,18-/m1/s1. The number of nitrogens with zero attached hydrogens (tertiary/aromatic N) is 4. The van der Waals surface area contributed by atoms with E-state index in [-0.39, 0.29) is 6.61 Å². The number of hydrogen-bond donors (Lipinski definition) is 0. The fourth-order valence-corrected chi connectivity index (χ4v) is 3.21. The summed E-state index contributed by atoms with van der Waals surface area (Å²) in [6, 6.07) is 9.60. The first-order chi connectivity index (χ1) is 14.5. The fourth-order valence-electron chi connectivity index (χ4n) is 3.21. The van der Waals surface area contributed by atoms with Gasteiger partial charge in [0, 0.05) is 20.2 Å². The average Bonchev–Trinajstić information content (AvgIpc) is 2.74. The minimum absolute atomic E-state index is 0.263. The lowest BCUT2D eigenvalue weighted by Gasteiger charge is -2.27. The van der Waals surface area contributed by atoms with E-state index in [1.807, 2.05) is 24.3 Å². The molecule has 0 radical (unpaired) electrons. The molecule has 1 heterocycles. The third-order valence-corrected chi connectivity index (χ3v) is 4.80. The monoisotopic (exact) mass is 412 g/mol. The molecule has 0 N–H and O–H groups in total. The van der Waals surface area contributed by atoms with Gasteiger partial charge in [-0.1, -0.05) is 38.8 Å². The van der Waals surface area contributed by atoms with E-state index in [9.17, 15) is 10.1 Å². The molecule has 2 atom stereocenters. The van der Waals surface area contributed by atoms with Crippen LogP contribution in [0.15, 0.2) is 24.3 Å². The number of esters is 1. The van der Waals surface area contributed by atoms with Crippen molar-refractivity contribution in [3.8, 4) is 6.07 Å². The molecule has 0 aliphatic rings. The Morgan fingerprint density at radius 1 is 1.13 bits per heavy atom. The molecule has 162 valence electrons. The summed E-state index contributed by atoms with van der Waals surface area (Å²) < 4.78 is 10.5. The van der Waals surface area contributed by atoms with Gasteiger partial charge in [0.25, 0.3) is 0 Å². The molecular formula is C23H32N4O3. The predicted octanol–water partition coefficient (Wildman–Crippen LogP) is 4.22. The first-order valence-electron chi connectivity index (χ1n) is 10.7. The molecule has 0 amide bonds. The van der Waals surface area contributed by atoms with Crippen LogP contribution in [0.1, 0.15) is 58.1 Å². The molecule has 2 rings (SSSR count). The lowest BCUT2D eigenvalue weighted by Crippen LogP contribution is -2.31. The number of nitriles is 1. The van der Waals surface area contributed by atoms with E-state index in [2.05, 4.69) is 24.8 Å². The van der Waals surface area contributed by atoms with Crippen molar-refractivity contribution in [2.75, 3.05) is 31.7 Å². The summed E-state index contributed by atoms with van der Waals surface area (Å²) in [6.45, 7) is 7.86. The topological polar surface area (TPSA) is 88.3 Å². The summed E-state index contributed by atoms with van der Waals surface area (Å²) in [5.41, 5.74) is 1.75. The lowest BCUT2D eigenvalue weighted by atomic mass is 10.1. The van der Waals surface area contributed by atoms with Gasteiger partial charge in [0.2, 0.25) is 0 Å². The number of rotatable bonds is 12. The number of ether oxygens (including phenoxy) is 2. The highest BCUT2D eigenvalue weighted by atomic mass is 16.6. The van der Waals surface area contributed by atoms with Crippen molar-refractivity contribution in [1.29, 1.82) is 5.26 Å². The number of methoxy groups -OCH3 is 1. The molecule has 0 aliphatic carbocycles. The van der Waals surface area contributed by atoms with Gasteiger partial charge in [0.15, 0.2) is 11.7 Å². The molecule has 7 nitrogen and oxygen atoms in total. The molecule has 30 heavy (non-hydrogen) atoms. The Balaban J connectivity index is 2.52. The van der Waals surface area contributed by atoms with Crippen LogP contribution >= 0.6 is 0 Å². The summed E-state index contributed by atoms with van der Waals surface area (Å²) in [6.07, 6.45) is 3.61. The highest BCUT2D eigenvalue weighted by Crippen LogP contribution is 2.29. The van der Waals surface area contributed by atoms with Gasteiger partial charge in [-0.05, 0) is 31.9 Å². The van der Waals surface area contributed by atoms with E-state index in [0.29, 0.717) is 17.0 Å². The van der Waals surface area contributed by atoms with Gasteiger partial charge in [0.1, 0.15) is 11.8 Å². The first-order valence-corrected chi connectivity index (χ1v) is 10.7. The Morgan fingerprint density at radius 3 is 2.27 bits per heavy atom. The number of carbonyl (C=O) groups is 1. The summed E-state index contributed by atoms with van der Waals surface area (Å²) in [7, 11) is 1.54. The first kappa shape index (κ1) is 23.6. The quantitative estimate of drug-likeness (QED) is 0.482. The number of fused-ring (bicyclic) bond motifs is 1. The number of benzene rings is 1. The van der Waals surface area contributed by atoms with Crippen molar-refractivity contribution in [2.24, 2.45) is 0 Å². The zero-order chi connectivity index (χ0) is 21.9. The Morgan fingerprint density at radius 2 is 1.73 bits per heavy atom. The summed E-state index contributed by atoms with van der Waals surface area (Å²) >= 11 is 0. The highest BCUT2D eigenvalue weighted by Gasteiger charge is 2.31. The molecule has 0 saturated heterocycles. The van der Waals surface area contributed by atoms with Gasteiger partial charge in [-0.25, -0.2) is 9.97 Å². The SMILES string of the molecule is CCCCN(CCCC)c1nc2ccccc2nc1[C@@H](C#N)C(=O)O[C@H](C)COC. The van der Waals surface area contributed by atoms with Gasteiger partial charge < -0.3 is 14.4 Å². The smallest absolute Gasteiger partial charge is 0.330 e. The van der Waals surface area contributed by atoms with Crippen LogP contribution in [0.5, 0.6) is 0 Å². The van der Waals surface area contributed by atoms with Gasteiger partial charge in [-0.3, -0.25) is 4.79 Å². The van der Waals surface area contributed by atoms with E-state index in [0.717, 1.165) is 44.3 Å². The fraction of sp³-hybridized carbons (Fsp3) is 0.565. The Bertz CT molecular complexity index is 857. The third kappa shape index (κ3) is 6.14. The molecule has 0 fully saturated rings. The third-order valence-electron chi connectivity index (χ3n) is 4.80. The van der Waals surface area contributed by atoms with Gasteiger partial charge in [-0.15, -0.1) is 0 Å². The molecule has 1 aromatic heterocycles. The van der Waals surface area contributed by atoms with Crippen LogP contribution in [0, 0.1) is 11.3 Å². The van der Waals surface area contributed by atoms with Gasteiger partial charge in [-0.2, -0.15) is 5.26 Å². The van der Waals surface area contributed by atoms with Crippen molar-refractivity contribution in [3.63, 3.8) is 0 Å². The van der Waals surface area contributed by atoms with Crippen LogP contribution in [0.4, 0.5) is 5.82 Å². The molecule has 0 saturated carbocycles. The summed E-state index contributed by atoms with van der Waals surface area (Å²) in [5.74, 6) is -1.18. The Hall–Kier alpha value is -2.72. The normalized spacial score (nSPS) is 12.9. The number of anilines is 1.